The maximum atomic E-state index is 3.75. The van der Waals surface area contributed by atoms with Crippen molar-refractivity contribution in [1.29, 1.82) is 0 Å². The first-order valence-corrected chi connectivity index (χ1v) is 8.08. The minimum absolute atomic E-state index is 0.323. The first-order valence-electron chi connectivity index (χ1n) is 6.86. The van der Waals surface area contributed by atoms with Gasteiger partial charge in [-0.15, -0.1) is 11.8 Å². The lowest BCUT2D eigenvalue weighted by molar-refractivity contribution is 0.285. The fraction of sp³-hybridized carbons (Fsp3) is 0.600. The average Bonchev–Trinajstić information content (AvgIpc) is 3.23. The fourth-order valence-electron chi connectivity index (χ4n) is 3.10. The molecule has 0 amide bonds. The fourth-order valence-corrected chi connectivity index (χ4v) is 3.72. The third-order valence-electron chi connectivity index (χ3n) is 4.33. The number of para-hydroxylation sites is 1. The van der Waals surface area contributed by atoms with Gasteiger partial charge < -0.3 is 10.2 Å². The molecule has 2 nitrogen and oxygen atoms in total. The Morgan fingerprint density at radius 3 is 2.83 bits per heavy atom. The van der Waals surface area contributed by atoms with E-state index in [2.05, 4.69) is 47.7 Å². The van der Waals surface area contributed by atoms with Crippen LogP contribution in [0.1, 0.15) is 19.8 Å². The van der Waals surface area contributed by atoms with Gasteiger partial charge in [0.2, 0.25) is 0 Å². The molecule has 1 saturated heterocycles. The van der Waals surface area contributed by atoms with Crippen LogP contribution in [0.5, 0.6) is 0 Å². The second kappa shape index (κ2) is 4.78. The van der Waals surface area contributed by atoms with Gasteiger partial charge in [0, 0.05) is 30.1 Å². The molecular formula is C15H22N2S. The van der Waals surface area contributed by atoms with Gasteiger partial charge in [0.1, 0.15) is 0 Å². The Morgan fingerprint density at radius 1 is 1.33 bits per heavy atom. The van der Waals surface area contributed by atoms with Gasteiger partial charge in [-0.05, 0) is 44.1 Å². The Bertz CT molecular complexity index is 430. The molecule has 98 valence electrons. The monoisotopic (exact) mass is 262 g/mol. The molecule has 1 unspecified atom stereocenters. The summed E-state index contributed by atoms with van der Waals surface area (Å²) < 4.78 is 0. The highest BCUT2D eigenvalue weighted by Crippen LogP contribution is 2.42. The molecule has 0 bridgehead atoms. The van der Waals surface area contributed by atoms with Crippen molar-refractivity contribution < 1.29 is 0 Å². The van der Waals surface area contributed by atoms with Gasteiger partial charge in [0.25, 0.3) is 0 Å². The van der Waals surface area contributed by atoms with E-state index in [1.807, 2.05) is 11.8 Å². The lowest BCUT2D eigenvalue weighted by Gasteiger charge is -2.43. The molecule has 3 rings (SSSR count). The third kappa shape index (κ3) is 2.26. The molecule has 1 aliphatic carbocycles. The van der Waals surface area contributed by atoms with Gasteiger partial charge in [0.15, 0.2) is 0 Å². The number of piperazine rings is 1. The number of rotatable bonds is 3. The molecule has 0 radical (unpaired) electrons. The Hall–Kier alpha value is -0.670. The highest BCUT2D eigenvalue weighted by atomic mass is 32.2. The zero-order chi connectivity index (χ0) is 12.6. The van der Waals surface area contributed by atoms with Gasteiger partial charge in [-0.25, -0.2) is 0 Å². The van der Waals surface area contributed by atoms with Crippen LogP contribution in [0.3, 0.4) is 0 Å². The molecule has 2 aliphatic rings. The standard InChI is InChI=1S/C15H22N2S/c1-15(12-7-8-12)11-17(10-9-16-15)13-5-3-4-6-14(13)18-2/h3-6,12,16H,7-11H2,1-2H3. The van der Waals surface area contributed by atoms with E-state index in [0.29, 0.717) is 5.54 Å². The first-order chi connectivity index (χ1) is 8.73. The van der Waals surface area contributed by atoms with Crippen molar-refractivity contribution in [3.8, 4) is 0 Å². The Morgan fingerprint density at radius 2 is 2.11 bits per heavy atom. The molecule has 0 aromatic heterocycles. The summed E-state index contributed by atoms with van der Waals surface area (Å²) in [5.74, 6) is 0.891. The van der Waals surface area contributed by atoms with Crippen LogP contribution in [0, 0.1) is 5.92 Å². The minimum atomic E-state index is 0.323. The summed E-state index contributed by atoms with van der Waals surface area (Å²) in [6.45, 7) is 5.78. The van der Waals surface area contributed by atoms with Crippen molar-refractivity contribution >= 4 is 17.4 Å². The second-order valence-corrected chi connectivity index (χ2v) is 6.56. The van der Waals surface area contributed by atoms with Crippen molar-refractivity contribution in [2.45, 2.75) is 30.2 Å². The number of anilines is 1. The van der Waals surface area contributed by atoms with E-state index in [0.717, 1.165) is 25.6 Å². The van der Waals surface area contributed by atoms with Crippen LogP contribution in [-0.4, -0.2) is 31.4 Å². The van der Waals surface area contributed by atoms with Crippen LogP contribution in [-0.2, 0) is 0 Å². The Kier molecular flexibility index (Phi) is 3.29. The summed E-state index contributed by atoms with van der Waals surface area (Å²) in [6, 6.07) is 8.80. The molecule has 1 aromatic rings. The number of hydrogen-bond acceptors (Lipinski definition) is 3. The third-order valence-corrected chi connectivity index (χ3v) is 5.12. The zero-order valence-electron chi connectivity index (χ0n) is 11.3. The first kappa shape index (κ1) is 12.4. The normalized spacial score (nSPS) is 28.4. The number of nitrogens with zero attached hydrogens (tertiary/aromatic N) is 1. The molecule has 1 heterocycles. The largest absolute Gasteiger partial charge is 0.368 e. The van der Waals surface area contributed by atoms with Crippen molar-refractivity contribution in [2.75, 3.05) is 30.8 Å². The molecule has 1 aliphatic heterocycles. The van der Waals surface area contributed by atoms with E-state index < -0.39 is 0 Å². The van der Waals surface area contributed by atoms with Crippen molar-refractivity contribution in [2.24, 2.45) is 5.92 Å². The van der Waals surface area contributed by atoms with Crippen molar-refractivity contribution in [1.82, 2.24) is 5.32 Å². The number of benzene rings is 1. The lowest BCUT2D eigenvalue weighted by Crippen LogP contribution is -2.60. The Labute approximate surface area is 114 Å². The van der Waals surface area contributed by atoms with E-state index in [4.69, 9.17) is 0 Å². The quantitative estimate of drug-likeness (QED) is 0.843. The van der Waals surface area contributed by atoms with Crippen molar-refractivity contribution in [3.05, 3.63) is 24.3 Å². The lowest BCUT2D eigenvalue weighted by atomic mass is 9.92. The van der Waals surface area contributed by atoms with Crippen molar-refractivity contribution in [3.63, 3.8) is 0 Å². The summed E-state index contributed by atoms with van der Waals surface area (Å²) in [6.07, 6.45) is 4.98. The molecule has 18 heavy (non-hydrogen) atoms. The summed E-state index contributed by atoms with van der Waals surface area (Å²) in [7, 11) is 0. The highest BCUT2D eigenvalue weighted by Gasteiger charge is 2.44. The zero-order valence-corrected chi connectivity index (χ0v) is 12.1. The molecule has 0 spiro atoms. The second-order valence-electron chi connectivity index (χ2n) is 5.71. The molecule has 1 N–H and O–H groups in total. The van der Waals surface area contributed by atoms with E-state index in [9.17, 15) is 0 Å². The van der Waals surface area contributed by atoms with Gasteiger partial charge in [-0.1, -0.05) is 12.1 Å². The maximum Gasteiger partial charge on any atom is 0.0505 e. The topological polar surface area (TPSA) is 15.3 Å². The number of thioether (sulfide) groups is 1. The Balaban J connectivity index is 1.83. The van der Waals surface area contributed by atoms with Crippen LogP contribution in [0.2, 0.25) is 0 Å². The molecular weight excluding hydrogens is 240 g/mol. The molecule has 3 heteroatoms. The van der Waals surface area contributed by atoms with E-state index >= 15 is 0 Å². The number of nitrogens with one attached hydrogen (secondary N) is 1. The van der Waals surface area contributed by atoms with E-state index in [1.54, 1.807) is 0 Å². The molecule has 1 aromatic carbocycles. The van der Waals surface area contributed by atoms with Gasteiger partial charge in [-0.2, -0.15) is 0 Å². The molecule has 1 saturated carbocycles. The van der Waals surface area contributed by atoms with E-state index in [-0.39, 0.29) is 0 Å². The van der Waals surface area contributed by atoms with Crippen LogP contribution < -0.4 is 10.2 Å². The number of hydrogen-bond donors (Lipinski definition) is 1. The SMILES string of the molecule is CSc1ccccc1N1CCNC(C)(C2CC2)C1. The van der Waals surface area contributed by atoms with Crippen LogP contribution in [0.15, 0.2) is 29.2 Å². The summed E-state index contributed by atoms with van der Waals surface area (Å²) >= 11 is 1.85. The van der Waals surface area contributed by atoms with Gasteiger partial charge in [-0.3, -0.25) is 0 Å². The predicted molar refractivity (Wildman–Crippen MR) is 79.6 cm³/mol. The van der Waals surface area contributed by atoms with Crippen LogP contribution in [0.25, 0.3) is 0 Å². The smallest absolute Gasteiger partial charge is 0.0505 e. The maximum absolute atomic E-state index is 3.75. The van der Waals surface area contributed by atoms with E-state index in [1.165, 1.54) is 23.4 Å². The van der Waals surface area contributed by atoms with Gasteiger partial charge in [0.05, 0.1) is 5.69 Å². The summed E-state index contributed by atoms with van der Waals surface area (Å²) in [5.41, 5.74) is 1.74. The molecule has 1 atom stereocenters. The summed E-state index contributed by atoms with van der Waals surface area (Å²) in [5, 5.41) is 3.75. The highest BCUT2D eigenvalue weighted by molar-refractivity contribution is 7.98. The summed E-state index contributed by atoms with van der Waals surface area (Å²) in [4.78, 5) is 3.97. The minimum Gasteiger partial charge on any atom is -0.368 e. The van der Waals surface area contributed by atoms with Crippen LogP contribution >= 0.6 is 11.8 Å². The molecule has 2 fully saturated rings. The van der Waals surface area contributed by atoms with Crippen LogP contribution in [0.4, 0.5) is 5.69 Å². The average molecular weight is 262 g/mol. The van der Waals surface area contributed by atoms with Gasteiger partial charge >= 0.3 is 0 Å². The predicted octanol–water partition coefficient (Wildman–Crippen LogP) is 2.99.